The highest BCUT2D eigenvalue weighted by Crippen LogP contribution is 2.39. The summed E-state index contributed by atoms with van der Waals surface area (Å²) in [5.74, 6) is -0.0927. The molecule has 2 aliphatic heterocycles. The third kappa shape index (κ3) is 4.91. The summed E-state index contributed by atoms with van der Waals surface area (Å²) in [5.41, 5.74) is 2.89. The maximum atomic E-state index is 12.8. The number of morpholine rings is 1. The molecule has 10 nitrogen and oxygen atoms in total. The highest BCUT2D eigenvalue weighted by atomic mass is 16.6. The fourth-order valence-electron chi connectivity index (χ4n) is 4.37. The third-order valence-electron chi connectivity index (χ3n) is 5.94. The molecule has 1 saturated heterocycles. The Morgan fingerprint density at radius 1 is 1.15 bits per heavy atom. The molecule has 0 unspecified atom stereocenters. The first-order valence-electron chi connectivity index (χ1n) is 11.5. The van der Waals surface area contributed by atoms with Crippen LogP contribution in [0.25, 0.3) is 11.1 Å². The summed E-state index contributed by atoms with van der Waals surface area (Å²) >= 11 is 0. The average Bonchev–Trinajstić information content (AvgIpc) is 3.26. The van der Waals surface area contributed by atoms with Crippen LogP contribution < -0.4 is 9.80 Å². The Labute approximate surface area is 199 Å². The Hall–Kier alpha value is -3.40. The first-order valence-corrected chi connectivity index (χ1v) is 11.5. The number of benzene rings is 1. The SMILES string of the molecule is CC(=O)N1c2ccc(-c3cnn(CC(=O)N4CCOCC4)c3)cc2N(C(=O)OC(C)C)C[C@@H]1C. The molecule has 10 heteroatoms. The minimum Gasteiger partial charge on any atom is -0.446 e. The van der Waals surface area contributed by atoms with E-state index >= 15 is 0 Å². The molecule has 3 heterocycles. The minimum absolute atomic E-state index is 0.00270. The van der Waals surface area contributed by atoms with Crippen LogP contribution in [0.4, 0.5) is 16.2 Å². The Morgan fingerprint density at radius 3 is 2.56 bits per heavy atom. The molecule has 1 aromatic heterocycles. The molecule has 2 aliphatic rings. The van der Waals surface area contributed by atoms with Crippen LogP contribution >= 0.6 is 0 Å². The smallest absolute Gasteiger partial charge is 0.414 e. The summed E-state index contributed by atoms with van der Waals surface area (Å²) in [6.45, 7) is 9.79. The van der Waals surface area contributed by atoms with Gasteiger partial charge in [-0.05, 0) is 38.5 Å². The molecule has 0 bridgehead atoms. The molecule has 0 saturated carbocycles. The van der Waals surface area contributed by atoms with Crippen LogP contribution in [-0.2, 0) is 25.6 Å². The third-order valence-corrected chi connectivity index (χ3v) is 5.94. The van der Waals surface area contributed by atoms with Gasteiger partial charge < -0.3 is 19.3 Å². The van der Waals surface area contributed by atoms with Gasteiger partial charge in [-0.15, -0.1) is 0 Å². The number of ether oxygens (including phenoxy) is 2. The van der Waals surface area contributed by atoms with E-state index in [4.69, 9.17) is 9.47 Å². The molecule has 0 spiro atoms. The zero-order valence-corrected chi connectivity index (χ0v) is 20.1. The second kappa shape index (κ2) is 9.84. The second-order valence-electron chi connectivity index (χ2n) is 8.90. The van der Waals surface area contributed by atoms with Gasteiger partial charge in [-0.2, -0.15) is 5.10 Å². The topological polar surface area (TPSA) is 97.2 Å². The van der Waals surface area contributed by atoms with Gasteiger partial charge in [0.05, 0.1) is 42.9 Å². The molecule has 0 N–H and O–H groups in total. The summed E-state index contributed by atoms with van der Waals surface area (Å²) < 4.78 is 12.4. The van der Waals surface area contributed by atoms with E-state index in [0.717, 1.165) is 11.1 Å². The molecule has 3 amide bonds. The van der Waals surface area contributed by atoms with E-state index in [1.165, 1.54) is 6.92 Å². The van der Waals surface area contributed by atoms with Crippen LogP contribution in [0, 0.1) is 0 Å². The number of amides is 3. The molecular weight excluding hydrogens is 438 g/mol. The Bertz CT molecular complexity index is 1080. The van der Waals surface area contributed by atoms with Gasteiger partial charge in [0.25, 0.3) is 0 Å². The van der Waals surface area contributed by atoms with Crippen LogP contribution in [0.3, 0.4) is 0 Å². The number of aromatic nitrogens is 2. The molecule has 4 rings (SSSR count). The number of nitrogens with zero attached hydrogens (tertiary/aromatic N) is 5. The van der Waals surface area contributed by atoms with Crippen LogP contribution in [0.2, 0.25) is 0 Å². The van der Waals surface area contributed by atoms with Gasteiger partial charge in [0, 0.05) is 38.3 Å². The lowest BCUT2D eigenvalue weighted by Gasteiger charge is -2.40. The largest absolute Gasteiger partial charge is 0.446 e. The summed E-state index contributed by atoms with van der Waals surface area (Å²) in [7, 11) is 0. The molecule has 1 aromatic carbocycles. The highest BCUT2D eigenvalue weighted by Gasteiger charge is 2.35. The van der Waals surface area contributed by atoms with Crippen molar-refractivity contribution < 1.29 is 23.9 Å². The Kier molecular flexibility index (Phi) is 6.87. The summed E-state index contributed by atoms with van der Waals surface area (Å²) in [6, 6.07) is 5.41. The lowest BCUT2D eigenvalue weighted by Crippen LogP contribution is -2.51. The van der Waals surface area contributed by atoms with Gasteiger partial charge in [-0.25, -0.2) is 4.79 Å². The predicted molar refractivity (Wildman–Crippen MR) is 127 cm³/mol. The van der Waals surface area contributed by atoms with E-state index in [1.54, 1.807) is 39.4 Å². The number of hydrogen-bond acceptors (Lipinski definition) is 6. The van der Waals surface area contributed by atoms with Crippen molar-refractivity contribution in [2.24, 2.45) is 0 Å². The Morgan fingerprint density at radius 2 is 1.88 bits per heavy atom. The molecule has 2 aromatic rings. The molecule has 0 radical (unpaired) electrons. The quantitative estimate of drug-likeness (QED) is 0.683. The number of hydrogen-bond donors (Lipinski definition) is 0. The minimum atomic E-state index is -0.449. The van der Waals surface area contributed by atoms with Crippen LogP contribution in [0.1, 0.15) is 27.7 Å². The lowest BCUT2D eigenvalue weighted by atomic mass is 10.0. The maximum Gasteiger partial charge on any atom is 0.414 e. The fourth-order valence-corrected chi connectivity index (χ4v) is 4.37. The first kappa shape index (κ1) is 23.7. The lowest BCUT2D eigenvalue weighted by molar-refractivity contribution is -0.136. The zero-order valence-electron chi connectivity index (χ0n) is 20.1. The summed E-state index contributed by atoms with van der Waals surface area (Å²) in [6.07, 6.45) is 2.79. The van der Waals surface area contributed by atoms with Crippen molar-refractivity contribution in [3.63, 3.8) is 0 Å². The number of rotatable bonds is 4. The molecular formula is C24H31N5O5. The first-order chi connectivity index (χ1) is 16.2. The van der Waals surface area contributed by atoms with E-state index in [1.807, 2.05) is 31.3 Å². The summed E-state index contributed by atoms with van der Waals surface area (Å²) in [4.78, 5) is 42.8. The van der Waals surface area contributed by atoms with E-state index in [2.05, 4.69) is 5.10 Å². The van der Waals surface area contributed by atoms with Gasteiger partial charge in [-0.1, -0.05) is 6.07 Å². The standard InChI is InChI=1S/C24H31N5O5/c1-16(2)34-24(32)28-13-17(3)29(18(4)30)21-6-5-19(11-22(21)28)20-12-25-27(14-20)15-23(31)26-7-9-33-10-8-26/h5-6,11-12,14,16-17H,7-10,13,15H2,1-4H3/t17-/m0/s1. The van der Waals surface area contributed by atoms with Gasteiger partial charge >= 0.3 is 6.09 Å². The maximum absolute atomic E-state index is 12.8. The fraction of sp³-hybridized carbons (Fsp3) is 0.500. The van der Waals surface area contributed by atoms with Crippen molar-refractivity contribution >= 4 is 29.3 Å². The second-order valence-corrected chi connectivity index (χ2v) is 8.90. The molecule has 1 fully saturated rings. The predicted octanol–water partition coefficient (Wildman–Crippen LogP) is 2.52. The molecule has 34 heavy (non-hydrogen) atoms. The number of carbonyl (C=O) groups excluding carboxylic acids is 3. The van der Waals surface area contributed by atoms with Crippen molar-refractivity contribution in [2.75, 3.05) is 42.6 Å². The highest BCUT2D eigenvalue weighted by molar-refractivity contribution is 6.03. The molecule has 1 atom stereocenters. The van der Waals surface area contributed by atoms with Crippen molar-refractivity contribution in [1.82, 2.24) is 14.7 Å². The van der Waals surface area contributed by atoms with E-state index in [0.29, 0.717) is 44.2 Å². The molecule has 0 aliphatic carbocycles. The average molecular weight is 470 g/mol. The molecule has 182 valence electrons. The van der Waals surface area contributed by atoms with Gasteiger partial charge in [0.1, 0.15) is 6.54 Å². The number of fused-ring (bicyclic) bond motifs is 1. The van der Waals surface area contributed by atoms with Crippen molar-refractivity contribution in [3.05, 3.63) is 30.6 Å². The van der Waals surface area contributed by atoms with Gasteiger partial charge in [0.2, 0.25) is 11.8 Å². The van der Waals surface area contributed by atoms with Crippen LogP contribution in [-0.4, -0.2) is 77.6 Å². The van der Waals surface area contributed by atoms with E-state index in [-0.39, 0.29) is 30.5 Å². The van der Waals surface area contributed by atoms with Gasteiger partial charge in [0.15, 0.2) is 0 Å². The van der Waals surface area contributed by atoms with Crippen LogP contribution in [0.5, 0.6) is 0 Å². The normalized spacial score (nSPS) is 18.1. The van der Waals surface area contributed by atoms with E-state index < -0.39 is 6.09 Å². The monoisotopic (exact) mass is 469 g/mol. The summed E-state index contributed by atoms with van der Waals surface area (Å²) in [5, 5.41) is 4.36. The number of anilines is 2. The zero-order chi connectivity index (χ0) is 24.4. The Balaban J connectivity index is 1.61. The van der Waals surface area contributed by atoms with Crippen molar-refractivity contribution in [3.8, 4) is 11.1 Å². The van der Waals surface area contributed by atoms with Gasteiger partial charge in [-0.3, -0.25) is 19.2 Å². The number of carbonyl (C=O) groups is 3. The van der Waals surface area contributed by atoms with Crippen molar-refractivity contribution in [1.29, 1.82) is 0 Å². The van der Waals surface area contributed by atoms with Crippen molar-refractivity contribution in [2.45, 2.75) is 46.4 Å². The van der Waals surface area contributed by atoms with E-state index in [9.17, 15) is 14.4 Å². The van der Waals surface area contributed by atoms with Crippen LogP contribution in [0.15, 0.2) is 30.6 Å².